The second-order valence-electron chi connectivity index (χ2n) is 5.48. The third-order valence-electron chi connectivity index (χ3n) is 3.88. The van der Waals surface area contributed by atoms with E-state index in [0.717, 1.165) is 13.1 Å². The van der Waals surface area contributed by atoms with Gasteiger partial charge in [0.25, 0.3) is 0 Å². The van der Waals surface area contributed by atoms with Crippen LogP contribution in [0.2, 0.25) is 0 Å². The molecule has 0 aliphatic heterocycles. The standard InChI is InChI=1S/C15H24N2/c1-3-4-13-5-7-14(8-6-13)17(2)12-15(11-16)9-10-15/h5-8H,3-4,9-12,16H2,1-2H3. The summed E-state index contributed by atoms with van der Waals surface area (Å²) in [5, 5.41) is 0. The lowest BCUT2D eigenvalue weighted by Crippen LogP contribution is -2.31. The first kappa shape index (κ1) is 12.4. The summed E-state index contributed by atoms with van der Waals surface area (Å²) in [4.78, 5) is 2.34. The van der Waals surface area contributed by atoms with Crippen LogP contribution in [0.4, 0.5) is 5.69 Å². The van der Waals surface area contributed by atoms with Crippen LogP contribution in [-0.4, -0.2) is 20.1 Å². The fourth-order valence-electron chi connectivity index (χ4n) is 2.40. The summed E-state index contributed by atoms with van der Waals surface area (Å²) in [6, 6.07) is 8.96. The van der Waals surface area contributed by atoms with Gasteiger partial charge in [0.1, 0.15) is 0 Å². The van der Waals surface area contributed by atoms with Crippen molar-refractivity contribution in [3.05, 3.63) is 29.8 Å². The largest absolute Gasteiger partial charge is 0.374 e. The smallest absolute Gasteiger partial charge is 0.0363 e. The van der Waals surface area contributed by atoms with E-state index in [-0.39, 0.29) is 0 Å². The van der Waals surface area contributed by atoms with Crippen LogP contribution < -0.4 is 10.6 Å². The fourth-order valence-corrected chi connectivity index (χ4v) is 2.40. The highest BCUT2D eigenvalue weighted by Crippen LogP contribution is 2.45. The van der Waals surface area contributed by atoms with Crippen LogP contribution in [0.3, 0.4) is 0 Å². The van der Waals surface area contributed by atoms with Crippen molar-refractivity contribution in [2.24, 2.45) is 11.1 Å². The number of hydrogen-bond acceptors (Lipinski definition) is 2. The van der Waals surface area contributed by atoms with Crippen molar-refractivity contribution in [2.75, 3.05) is 25.0 Å². The Balaban J connectivity index is 1.96. The van der Waals surface area contributed by atoms with E-state index in [0.29, 0.717) is 5.41 Å². The monoisotopic (exact) mass is 232 g/mol. The second-order valence-corrected chi connectivity index (χ2v) is 5.48. The Hall–Kier alpha value is -1.02. The molecule has 1 aromatic rings. The van der Waals surface area contributed by atoms with Crippen LogP contribution in [0.5, 0.6) is 0 Å². The molecule has 2 N–H and O–H groups in total. The van der Waals surface area contributed by atoms with Crippen molar-refractivity contribution in [3.8, 4) is 0 Å². The van der Waals surface area contributed by atoms with Gasteiger partial charge in [-0.05, 0) is 43.5 Å². The van der Waals surface area contributed by atoms with Gasteiger partial charge in [0.15, 0.2) is 0 Å². The van der Waals surface area contributed by atoms with E-state index in [1.165, 1.54) is 36.9 Å². The maximum Gasteiger partial charge on any atom is 0.0363 e. The molecule has 0 unspecified atom stereocenters. The van der Waals surface area contributed by atoms with Gasteiger partial charge in [0, 0.05) is 24.7 Å². The zero-order chi connectivity index (χ0) is 12.3. The highest BCUT2D eigenvalue weighted by atomic mass is 15.1. The van der Waals surface area contributed by atoms with E-state index in [1.54, 1.807) is 0 Å². The van der Waals surface area contributed by atoms with Gasteiger partial charge in [-0.15, -0.1) is 0 Å². The highest BCUT2D eigenvalue weighted by Gasteiger charge is 2.41. The molecule has 1 saturated carbocycles. The van der Waals surface area contributed by atoms with E-state index in [2.05, 4.69) is 43.1 Å². The minimum Gasteiger partial charge on any atom is -0.374 e. The number of nitrogens with two attached hydrogens (primary N) is 1. The Morgan fingerprint density at radius 1 is 1.24 bits per heavy atom. The summed E-state index contributed by atoms with van der Waals surface area (Å²) >= 11 is 0. The number of rotatable bonds is 6. The van der Waals surface area contributed by atoms with Crippen LogP contribution in [-0.2, 0) is 6.42 Å². The van der Waals surface area contributed by atoms with Gasteiger partial charge < -0.3 is 10.6 Å². The highest BCUT2D eigenvalue weighted by molar-refractivity contribution is 5.47. The Morgan fingerprint density at radius 2 is 1.88 bits per heavy atom. The second kappa shape index (κ2) is 5.09. The maximum absolute atomic E-state index is 5.83. The number of nitrogens with zero attached hydrogens (tertiary/aromatic N) is 1. The minimum atomic E-state index is 0.414. The first-order valence-electron chi connectivity index (χ1n) is 6.69. The first-order chi connectivity index (χ1) is 8.19. The molecule has 0 spiro atoms. The Bertz CT molecular complexity index is 352. The SMILES string of the molecule is CCCc1ccc(N(C)CC2(CN)CC2)cc1. The molecule has 0 saturated heterocycles. The molecular weight excluding hydrogens is 208 g/mol. The third kappa shape index (κ3) is 3.01. The van der Waals surface area contributed by atoms with Gasteiger partial charge in [0.05, 0.1) is 0 Å². The maximum atomic E-state index is 5.83. The van der Waals surface area contributed by atoms with E-state index < -0.39 is 0 Å². The van der Waals surface area contributed by atoms with Crippen LogP contribution >= 0.6 is 0 Å². The molecule has 0 amide bonds. The molecule has 17 heavy (non-hydrogen) atoms. The topological polar surface area (TPSA) is 29.3 Å². The Morgan fingerprint density at radius 3 is 2.35 bits per heavy atom. The molecule has 0 radical (unpaired) electrons. The van der Waals surface area contributed by atoms with E-state index in [4.69, 9.17) is 5.73 Å². The number of aryl methyl sites for hydroxylation is 1. The molecular formula is C15H24N2. The molecule has 0 atom stereocenters. The molecule has 1 fully saturated rings. The lowest BCUT2D eigenvalue weighted by molar-refractivity contribution is 0.523. The summed E-state index contributed by atoms with van der Waals surface area (Å²) in [6.07, 6.45) is 4.98. The van der Waals surface area contributed by atoms with E-state index in [9.17, 15) is 0 Å². The van der Waals surface area contributed by atoms with Gasteiger partial charge in [-0.25, -0.2) is 0 Å². The molecule has 1 aliphatic carbocycles. The average molecular weight is 232 g/mol. The molecule has 0 heterocycles. The van der Waals surface area contributed by atoms with Gasteiger partial charge in [-0.1, -0.05) is 25.5 Å². The van der Waals surface area contributed by atoms with Crippen LogP contribution in [0.1, 0.15) is 31.7 Å². The normalized spacial score (nSPS) is 16.9. The predicted octanol–water partition coefficient (Wildman–Crippen LogP) is 2.81. The predicted molar refractivity (Wildman–Crippen MR) is 74.4 cm³/mol. The first-order valence-corrected chi connectivity index (χ1v) is 6.69. The third-order valence-corrected chi connectivity index (χ3v) is 3.88. The summed E-state index contributed by atoms with van der Waals surface area (Å²) in [5.74, 6) is 0. The van der Waals surface area contributed by atoms with Crippen molar-refractivity contribution in [1.29, 1.82) is 0 Å². The summed E-state index contributed by atoms with van der Waals surface area (Å²) in [6.45, 7) is 4.14. The summed E-state index contributed by atoms with van der Waals surface area (Å²) in [5.41, 5.74) is 8.99. The zero-order valence-electron chi connectivity index (χ0n) is 11.1. The zero-order valence-corrected chi connectivity index (χ0v) is 11.1. The molecule has 2 rings (SSSR count). The molecule has 2 nitrogen and oxygen atoms in total. The number of benzene rings is 1. The lowest BCUT2D eigenvalue weighted by atomic mass is 10.1. The van der Waals surface area contributed by atoms with Crippen molar-refractivity contribution >= 4 is 5.69 Å². The number of hydrogen-bond donors (Lipinski definition) is 1. The molecule has 0 aromatic heterocycles. The van der Waals surface area contributed by atoms with Gasteiger partial charge >= 0.3 is 0 Å². The summed E-state index contributed by atoms with van der Waals surface area (Å²) in [7, 11) is 2.17. The quantitative estimate of drug-likeness (QED) is 0.817. The minimum absolute atomic E-state index is 0.414. The Labute approximate surface area is 105 Å². The van der Waals surface area contributed by atoms with Gasteiger partial charge in [0.2, 0.25) is 0 Å². The van der Waals surface area contributed by atoms with Crippen LogP contribution in [0, 0.1) is 5.41 Å². The van der Waals surface area contributed by atoms with Gasteiger partial charge in [-0.3, -0.25) is 0 Å². The van der Waals surface area contributed by atoms with Crippen LogP contribution in [0.15, 0.2) is 24.3 Å². The van der Waals surface area contributed by atoms with E-state index in [1.807, 2.05) is 0 Å². The average Bonchev–Trinajstić information content (AvgIpc) is 3.11. The lowest BCUT2D eigenvalue weighted by Gasteiger charge is -2.24. The molecule has 1 aliphatic rings. The molecule has 2 heteroatoms. The van der Waals surface area contributed by atoms with Crippen molar-refractivity contribution in [2.45, 2.75) is 32.6 Å². The van der Waals surface area contributed by atoms with Crippen LogP contribution in [0.25, 0.3) is 0 Å². The van der Waals surface area contributed by atoms with Crippen molar-refractivity contribution in [3.63, 3.8) is 0 Å². The molecule has 94 valence electrons. The molecule has 0 bridgehead atoms. The van der Waals surface area contributed by atoms with Crippen molar-refractivity contribution < 1.29 is 0 Å². The fraction of sp³-hybridized carbons (Fsp3) is 0.600. The van der Waals surface area contributed by atoms with Gasteiger partial charge in [-0.2, -0.15) is 0 Å². The summed E-state index contributed by atoms with van der Waals surface area (Å²) < 4.78 is 0. The van der Waals surface area contributed by atoms with Crippen molar-refractivity contribution in [1.82, 2.24) is 0 Å². The van der Waals surface area contributed by atoms with E-state index >= 15 is 0 Å². The number of anilines is 1. The molecule has 1 aromatic carbocycles. The Kier molecular flexibility index (Phi) is 3.72.